The van der Waals surface area contributed by atoms with Crippen LogP contribution >= 0.6 is 35.0 Å². The number of nitrogens with zero attached hydrogens (tertiary/aromatic N) is 5. The predicted octanol–water partition coefficient (Wildman–Crippen LogP) is 1.81. The predicted molar refractivity (Wildman–Crippen MR) is 145 cm³/mol. The summed E-state index contributed by atoms with van der Waals surface area (Å²) in [6.45, 7) is 4.44. The summed E-state index contributed by atoms with van der Waals surface area (Å²) in [5, 5.41) is 27.2. The molecule has 13 nitrogen and oxygen atoms in total. The van der Waals surface area contributed by atoms with E-state index >= 15 is 0 Å². The maximum absolute atomic E-state index is 13.2. The Balaban J connectivity index is 1.69. The van der Waals surface area contributed by atoms with Gasteiger partial charge in [-0.15, -0.1) is 10.2 Å². The van der Waals surface area contributed by atoms with Crippen LogP contribution in [0, 0.1) is 5.92 Å². The van der Waals surface area contributed by atoms with Gasteiger partial charge in [0.15, 0.2) is 5.78 Å². The molecule has 216 valence electrons. The van der Waals surface area contributed by atoms with Crippen molar-refractivity contribution in [2.24, 2.45) is 5.92 Å². The summed E-state index contributed by atoms with van der Waals surface area (Å²) in [6, 6.07) is 1.73. The van der Waals surface area contributed by atoms with Crippen molar-refractivity contribution in [3.63, 3.8) is 0 Å². The SMILES string of the molecule is CC(=O)NC1C(=O)N(C(C)C(=O)NC(CC(=O)O)C(=O)Cn2nnc(Sc3c(Cl)cccc3Cl)n2)CCCC1C. The number of carbonyl (C=O) groups is 5. The lowest BCUT2D eigenvalue weighted by molar-refractivity contribution is -0.144. The van der Waals surface area contributed by atoms with Crippen LogP contribution in [0.1, 0.15) is 40.0 Å². The number of nitrogens with one attached hydrogen (secondary N) is 2. The first-order chi connectivity index (χ1) is 18.9. The van der Waals surface area contributed by atoms with Crippen LogP contribution in [0.5, 0.6) is 0 Å². The maximum atomic E-state index is 13.2. The fourth-order valence-electron chi connectivity index (χ4n) is 4.20. The number of hydrogen-bond donors (Lipinski definition) is 3. The number of amides is 3. The number of tetrazole rings is 1. The minimum Gasteiger partial charge on any atom is -0.481 e. The van der Waals surface area contributed by atoms with Crippen molar-refractivity contribution in [1.29, 1.82) is 0 Å². The average Bonchev–Trinajstić information content (AvgIpc) is 3.27. The summed E-state index contributed by atoms with van der Waals surface area (Å²) in [5.74, 6) is -3.62. The third-order valence-corrected chi connectivity index (χ3v) is 8.15. The molecule has 0 aliphatic carbocycles. The van der Waals surface area contributed by atoms with Gasteiger partial charge in [0, 0.05) is 13.5 Å². The number of carbonyl (C=O) groups excluding carboxylic acids is 4. The molecule has 1 aliphatic rings. The van der Waals surface area contributed by atoms with Crippen molar-refractivity contribution in [2.45, 2.75) is 74.8 Å². The zero-order valence-corrected chi connectivity index (χ0v) is 24.3. The van der Waals surface area contributed by atoms with E-state index in [4.69, 9.17) is 23.2 Å². The maximum Gasteiger partial charge on any atom is 0.305 e. The van der Waals surface area contributed by atoms with Gasteiger partial charge in [-0.05, 0) is 54.8 Å². The van der Waals surface area contributed by atoms with E-state index in [0.29, 0.717) is 27.8 Å². The summed E-state index contributed by atoms with van der Waals surface area (Å²) in [5.41, 5.74) is 0. The number of benzene rings is 1. The summed E-state index contributed by atoms with van der Waals surface area (Å²) in [6.07, 6.45) is 0.577. The third kappa shape index (κ3) is 8.15. The van der Waals surface area contributed by atoms with Gasteiger partial charge in [-0.2, -0.15) is 4.80 Å². The van der Waals surface area contributed by atoms with Crippen LogP contribution in [0.25, 0.3) is 0 Å². The van der Waals surface area contributed by atoms with Crippen LogP contribution in [-0.4, -0.2) is 84.4 Å². The molecule has 0 spiro atoms. The lowest BCUT2D eigenvalue weighted by Crippen LogP contribution is -2.57. The second-order valence-corrected chi connectivity index (χ2v) is 11.2. The molecule has 3 rings (SSSR count). The number of Topliss-reactive ketones (excluding diaryl/α,β-unsaturated/α-hetero) is 1. The second-order valence-electron chi connectivity index (χ2n) is 9.39. The van der Waals surface area contributed by atoms with Crippen molar-refractivity contribution < 1.29 is 29.1 Å². The normalized spacial score (nSPS) is 18.9. The average molecular weight is 615 g/mol. The highest BCUT2D eigenvalue weighted by Crippen LogP contribution is 2.36. The molecule has 2 heterocycles. The van der Waals surface area contributed by atoms with E-state index in [9.17, 15) is 29.1 Å². The Morgan fingerprint density at radius 3 is 2.52 bits per heavy atom. The molecule has 1 aromatic carbocycles. The van der Waals surface area contributed by atoms with Gasteiger partial charge in [0.05, 0.1) is 21.4 Å². The number of hydrogen-bond acceptors (Lipinski definition) is 9. The molecule has 1 fully saturated rings. The van der Waals surface area contributed by atoms with Crippen LogP contribution in [0.15, 0.2) is 28.3 Å². The lowest BCUT2D eigenvalue weighted by atomic mass is 9.97. The molecule has 4 atom stereocenters. The van der Waals surface area contributed by atoms with Crippen LogP contribution in [0.2, 0.25) is 10.0 Å². The quantitative estimate of drug-likeness (QED) is 0.338. The van der Waals surface area contributed by atoms with Crippen LogP contribution < -0.4 is 10.6 Å². The number of carboxylic acid groups (broad SMARTS) is 1. The molecule has 0 bridgehead atoms. The van der Waals surface area contributed by atoms with Gasteiger partial charge < -0.3 is 20.6 Å². The second kappa shape index (κ2) is 13.9. The Kier molecular flexibility index (Phi) is 10.9. The summed E-state index contributed by atoms with van der Waals surface area (Å²) in [7, 11) is 0. The van der Waals surface area contributed by atoms with Crippen LogP contribution in [0.4, 0.5) is 0 Å². The molecule has 3 amide bonds. The lowest BCUT2D eigenvalue weighted by Gasteiger charge is -2.31. The van der Waals surface area contributed by atoms with Gasteiger partial charge in [-0.25, -0.2) is 0 Å². The van der Waals surface area contributed by atoms with E-state index in [2.05, 4.69) is 26.0 Å². The summed E-state index contributed by atoms with van der Waals surface area (Å²) < 4.78 is 0. The highest BCUT2D eigenvalue weighted by molar-refractivity contribution is 7.99. The first-order valence-electron chi connectivity index (χ1n) is 12.4. The number of ketones is 1. The highest BCUT2D eigenvalue weighted by atomic mass is 35.5. The van der Waals surface area contributed by atoms with E-state index in [1.54, 1.807) is 18.2 Å². The van der Waals surface area contributed by atoms with Crippen LogP contribution in [0.3, 0.4) is 0 Å². The standard InChI is InChI=1S/C24H29Cl2N7O6S/c1-12-6-5-9-32(23(39)20(12)27-14(3)34)13(2)22(38)28-17(10-19(36)37)18(35)11-33-30-24(29-31-33)40-21-15(25)7-4-8-16(21)26/h4,7-8,12-13,17,20H,5-6,9-11H2,1-3H3,(H,27,34)(H,28,38)(H,36,37). The van der Waals surface area contributed by atoms with Crippen molar-refractivity contribution in [3.8, 4) is 0 Å². The van der Waals surface area contributed by atoms with E-state index in [1.165, 1.54) is 18.7 Å². The number of aliphatic carboxylic acids is 1. The van der Waals surface area contributed by atoms with Gasteiger partial charge in [0.2, 0.25) is 22.9 Å². The molecular formula is C24H29Cl2N7O6S. The van der Waals surface area contributed by atoms with E-state index in [-0.39, 0.29) is 23.5 Å². The minimum atomic E-state index is -1.42. The Morgan fingerprint density at radius 2 is 1.90 bits per heavy atom. The molecule has 4 unspecified atom stereocenters. The zero-order valence-electron chi connectivity index (χ0n) is 22.0. The van der Waals surface area contributed by atoms with Crippen molar-refractivity contribution in [1.82, 2.24) is 35.7 Å². The monoisotopic (exact) mass is 613 g/mol. The molecule has 16 heteroatoms. The van der Waals surface area contributed by atoms with Gasteiger partial charge in [-0.1, -0.05) is 36.2 Å². The largest absolute Gasteiger partial charge is 0.481 e. The molecule has 0 saturated carbocycles. The first kappa shape index (κ1) is 31.3. The van der Waals surface area contributed by atoms with Crippen molar-refractivity contribution in [2.75, 3.05) is 6.54 Å². The fourth-order valence-corrected chi connectivity index (χ4v) is 5.56. The molecule has 1 aliphatic heterocycles. The Bertz CT molecular complexity index is 1270. The first-order valence-corrected chi connectivity index (χ1v) is 14.0. The Morgan fingerprint density at radius 1 is 1.23 bits per heavy atom. The Hall–Kier alpha value is -3.23. The highest BCUT2D eigenvalue weighted by Gasteiger charge is 2.37. The number of rotatable bonds is 11. The molecule has 3 N–H and O–H groups in total. The smallest absolute Gasteiger partial charge is 0.305 e. The molecule has 1 saturated heterocycles. The fraction of sp³-hybridized carbons (Fsp3) is 0.500. The zero-order chi connectivity index (χ0) is 29.6. The molecule has 0 radical (unpaired) electrons. The number of halogens is 2. The third-order valence-electron chi connectivity index (χ3n) is 6.31. The Labute approximate surface area is 244 Å². The van der Waals surface area contributed by atoms with E-state index < -0.39 is 54.7 Å². The van der Waals surface area contributed by atoms with Crippen LogP contribution in [-0.2, 0) is 30.5 Å². The van der Waals surface area contributed by atoms with E-state index in [0.717, 1.165) is 16.6 Å². The molecular weight excluding hydrogens is 585 g/mol. The number of likely N-dealkylation sites (tertiary alicyclic amines) is 1. The van der Waals surface area contributed by atoms with Crippen molar-refractivity contribution in [3.05, 3.63) is 28.2 Å². The summed E-state index contributed by atoms with van der Waals surface area (Å²) in [4.78, 5) is 65.2. The molecule has 1 aromatic heterocycles. The van der Waals surface area contributed by atoms with Crippen molar-refractivity contribution >= 4 is 64.4 Å². The minimum absolute atomic E-state index is 0.134. The number of carboxylic acids is 1. The molecule has 2 aromatic rings. The molecule has 40 heavy (non-hydrogen) atoms. The summed E-state index contributed by atoms with van der Waals surface area (Å²) >= 11 is 13.4. The number of aromatic nitrogens is 4. The van der Waals surface area contributed by atoms with Gasteiger partial charge in [0.25, 0.3) is 0 Å². The van der Waals surface area contributed by atoms with Gasteiger partial charge >= 0.3 is 5.97 Å². The van der Waals surface area contributed by atoms with Gasteiger partial charge in [0.1, 0.15) is 24.7 Å². The topological polar surface area (TPSA) is 176 Å². The van der Waals surface area contributed by atoms with E-state index in [1.807, 2.05) is 6.92 Å². The van der Waals surface area contributed by atoms with Gasteiger partial charge in [-0.3, -0.25) is 24.0 Å².